The number of methoxy groups -OCH3 is 1. The second-order valence-corrected chi connectivity index (χ2v) is 8.63. The van der Waals surface area contributed by atoms with Crippen LogP contribution in [0.4, 0.5) is 10.1 Å². The fourth-order valence-corrected chi connectivity index (χ4v) is 4.62. The number of halogens is 2. The number of anilines is 1. The van der Waals surface area contributed by atoms with E-state index in [9.17, 15) is 14.0 Å². The molecule has 1 amide bonds. The van der Waals surface area contributed by atoms with Gasteiger partial charge in [-0.3, -0.25) is 14.5 Å². The fourth-order valence-electron chi connectivity index (χ4n) is 4.26. The van der Waals surface area contributed by atoms with E-state index in [2.05, 4.69) is 15.9 Å². The summed E-state index contributed by atoms with van der Waals surface area (Å²) in [6.07, 6.45) is 0. The van der Waals surface area contributed by atoms with Gasteiger partial charge in [-0.2, -0.15) is 0 Å². The molecule has 3 aromatic carbocycles. The lowest BCUT2D eigenvalue weighted by Crippen LogP contribution is -2.29. The van der Waals surface area contributed by atoms with Crippen molar-refractivity contribution in [2.45, 2.75) is 13.0 Å². The number of carbonyl (C=O) groups is 1. The fraction of sp³-hybridized carbons (Fsp3) is 0.154. The van der Waals surface area contributed by atoms with Gasteiger partial charge in [-0.15, -0.1) is 0 Å². The quantitative estimate of drug-likeness (QED) is 0.328. The highest BCUT2D eigenvalue weighted by molar-refractivity contribution is 9.10. The van der Waals surface area contributed by atoms with E-state index < -0.39 is 17.8 Å². The van der Waals surface area contributed by atoms with Crippen LogP contribution in [0.15, 0.2) is 74.3 Å². The van der Waals surface area contributed by atoms with Crippen molar-refractivity contribution in [3.8, 4) is 11.5 Å². The molecule has 0 bridgehead atoms. The molecule has 2 heterocycles. The Bertz CT molecular complexity index is 1480. The summed E-state index contributed by atoms with van der Waals surface area (Å²) in [5.74, 6) is 0.0497. The zero-order valence-corrected chi connectivity index (χ0v) is 19.9. The first kappa shape index (κ1) is 22.2. The van der Waals surface area contributed by atoms with Crippen molar-refractivity contribution in [3.05, 3.63) is 98.1 Å². The standard InChI is InChI=1S/C26H19BrFNO5/c1-3-33-20-10-4-14(12-21(20)32-2)23-22-24(30)18-13-15(27)5-11-19(18)34-25(22)26(31)29(23)17-8-6-16(28)7-9-17/h4-13,23H,3H2,1-2H3. The summed E-state index contributed by atoms with van der Waals surface area (Å²) in [4.78, 5) is 28.7. The Kier molecular flexibility index (Phi) is 5.61. The average molecular weight is 524 g/mol. The Morgan fingerprint density at radius 1 is 1.03 bits per heavy atom. The van der Waals surface area contributed by atoms with Gasteiger partial charge in [0.1, 0.15) is 11.4 Å². The normalized spacial score (nSPS) is 15.0. The average Bonchev–Trinajstić information content (AvgIpc) is 3.13. The maximum atomic E-state index is 13.7. The molecule has 0 radical (unpaired) electrons. The molecular weight excluding hydrogens is 505 g/mol. The molecule has 4 aromatic rings. The minimum Gasteiger partial charge on any atom is -0.493 e. The number of rotatable bonds is 5. The zero-order chi connectivity index (χ0) is 24.0. The van der Waals surface area contributed by atoms with Crippen LogP contribution in [0.25, 0.3) is 11.0 Å². The predicted octanol–water partition coefficient (Wildman–Crippen LogP) is 5.85. The molecule has 172 valence electrons. The lowest BCUT2D eigenvalue weighted by Gasteiger charge is -2.26. The van der Waals surface area contributed by atoms with Crippen LogP contribution in [-0.4, -0.2) is 19.6 Å². The first-order chi connectivity index (χ1) is 16.4. The highest BCUT2D eigenvalue weighted by atomic mass is 79.9. The summed E-state index contributed by atoms with van der Waals surface area (Å²) in [7, 11) is 1.52. The highest BCUT2D eigenvalue weighted by Crippen LogP contribution is 2.43. The molecule has 0 spiro atoms. The lowest BCUT2D eigenvalue weighted by molar-refractivity contribution is 0.0971. The van der Waals surface area contributed by atoms with Crippen LogP contribution in [0.2, 0.25) is 0 Å². The second kappa shape index (κ2) is 8.61. The van der Waals surface area contributed by atoms with Gasteiger partial charge in [0.2, 0.25) is 5.76 Å². The third kappa shape index (κ3) is 3.54. The van der Waals surface area contributed by atoms with Crippen molar-refractivity contribution in [2.24, 2.45) is 0 Å². The van der Waals surface area contributed by atoms with Crippen LogP contribution in [0.1, 0.15) is 34.6 Å². The zero-order valence-electron chi connectivity index (χ0n) is 18.3. The van der Waals surface area contributed by atoms with Crippen LogP contribution in [0.5, 0.6) is 11.5 Å². The smallest absolute Gasteiger partial charge is 0.295 e. The van der Waals surface area contributed by atoms with Gasteiger partial charge < -0.3 is 13.9 Å². The van der Waals surface area contributed by atoms with Crippen LogP contribution >= 0.6 is 15.9 Å². The Morgan fingerprint density at radius 3 is 2.50 bits per heavy atom. The molecule has 0 aliphatic carbocycles. The molecule has 0 N–H and O–H groups in total. The SMILES string of the molecule is CCOc1ccc(C2c3c(oc4ccc(Br)cc4c3=O)C(=O)N2c2ccc(F)cc2)cc1OC. The number of hydrogen-bond acceptors (Lipinski definition) is 5. The van der Waals surface area contributed by atoms with Gasteiger partial charge in [0, 0.05) is 10.2 Å². The third-order valence-corrected chi connectivity index (χ3v) is 6.23. The Balaban J connectivity index is 1.78. The van der Waals surface area contributed by atoms with E-state index in [0.29, 0.717) is 44.8 Å². The van der Waals surface area contributed by atoms with Crippen LogP contribution < -0.4 is 19.8 Å². The lowest BCUT2D eigenvalue weighted by atomic mass is 9.97. The van der Waals surface area contributed by atoms with Crippen molar-refractivity contribution in [2.75, 3.05) is 18.6 Å². The summed E-state index contributed by atoms with van der Waals surface area (Å²) in [6, 6.07) is 15.0. The van der Waals surface area contributed by atoms with Gasteiger partial charge in [-0.1, -0.05) is 22.0 Å². The van der Waals surface area contributed by atoms with Gasteiger partial charge in [0.15, 0.2) is 16.9 Å². The minimum absolute atomic E-state index is 0.0398. The van der Waals surface area contributed by atoms with Gasteiger partial charge in [0.25, 0.3) is 5.91 Å². The monoisotopic (exact) mass is 523 g/mol. The first-order valence-corrected chi connectivity index (χ1v) is 11.4. The van der Waals surface area contributed by atoms with Gasteiger partial charge in [-0.05, 0) is 67.1 Å². The van der Waals surface area contributed by atoms with E-state index >= 15 is 0 Å². The summed E-state index contributed by atoms with van der Waals surface area (Å²) in [6.45, 7) is 2.32. The predicted molar refractivity (Wildman–Crippen MR) is 129 cm³/mol. The Morgan fingerprint density at radius 2 is 1.79 bits per heavy atom. The van der Waals surface area contributed by atoms with E-state index in [1.807, 2.05) is 6.92 Å². The molecular formula is C26H19BrFNO5. The second-order valence-electron chi connectivity index (χ2n) is 7.71. The van der Waals surface area contributed by atoms with E-state index in [-0.39, 0.29) is 16.8 Å². The molecule has 1 atom stereocenters. The van der Waals surface area contributed by atoms with Gasteiger partial charge >= 0.3 is 0 Å². The topological polar surface area (TPSA) is 69.0 Å². The molecule has 1 aliphatic rings. The van der Waals surface area contributed by atoms with Crippen molar-refractivity contribution >= 4 is 38.5 Å². The van der Waals surface area contributed by atoms with Crippen molar-refractivity contribution in [1.29, 1.82) is 0 Å². The van der Waals surface area contributed by atoms with Crippen LogP contribution in [0, 0.1) is 5.82 Å². The third-order valence-electron chi connectivity index (χ3n) is 5.74. The first-order valence-electron chi connectivity index (χ1n) is 10.6. The summed E-state index contributed by atoms with van der Waals surface area (Å²) in [5.41, 5.74) is 1.27. The molecule has 0 fully saturated rings. The van der Waals surface area contributed by atoms with E-state index in [1.54, 1.807) is 36.4 Å². The number of nitrogens with zero attached hydrogens (tertiary/aromatic N) is 1. The molecule has 1 aliphatic heterocycles. The van der Waals surface area contributed by atoms with Crippen molar-refractivity contribution in [1.82, 2.24) is 0 Å². The largest absolute Gasteiger partial charge is 0.493 e. The maximum Gasteiger partial charge on any atom is 0.295 e. The molecule has 0 saturated heterocycles. The molecule has 5 rings (SSSR count). The van der Waals surface area contributed by atoms with Gasteiger partial charge in [-0.25, -0.2) is 4.39 Å². The van der Waals surface area contributed by atoms with Crippen molar-refractivity contribution in [3.63, 3.8) is 0 Å². The van der Waals surface area contributed by atoms with Crippen molar-refractivity contribution < 1.29 is 23.1 Å². The molecule has 1 unspecified atom stereocenters. The highest BCUT2D eigenvalue weighted by Gasteiger charge is 2.44. The molecule has 8 heteroatoms. The van der Waals surface area contributed by atoms with Crippen LogP contribution in [0.3, 0.4) is 0 Å². The van der Waals surface area contributed by atoms with Gasteiger partial charge in [0.05, 0.1) is 30.7 Å². The summed E-state index contributed by atoms with van der Waals surface area (Å²) in [5, 5.41) is 0.352. The Labute approximate surface area is 202 Å². The molecule has 0 saturated carbocycles. The van der Waals surface area contributed by atoms with E-state index in [1.165, 1.54) is 36.3 Å². The summed E-state index contributed by atoms with van der Waals surface area (Å²) < 4.78 is 31.4. The number of benzene rings is 3. The number of amides is 1. The minimum atomic E-state index is -0.808. The molecule has 1 aromatic heterocycles. The Hall–Kier alpha value is -3.65. The molecule has 6 nitrogen and oxygen atoms in total. The van der Waals surface area contributed by atoms with E-state index in [0.717, 1.165) is 0 Å². The number of ether oxygens (including phenoxy) is 2. The van der Waals surface area contributed by atoms with Crippen LogP contribution in [-0.2, 0) is 0 Å². The maximum absolute atomic E-state index is 13.7. The molecule has 34 heavy (non-hydrogen) atoms. The number of hydrogen-bond donors (Lipinski definition) is 0. The van der Waals surface area contributed by atoms with E-state index in [4.69, 9.17) is 13.9 Å². The number of fused-ring (bicyclic) bond motifs is 2. The number of carbonyl (C=O) groups excluding carboxylic acids is 1. The summed E-state index contributed by atoms with van der Waals surface area (Å²) >= 11 is 3.39.